The van der Waals surface area contributed by atoms with E-state index in [1.54, 1.807) is 0 Å². The first-order chi connectivity index (χ1) is 19.7. The summed E-state index contributed by atoms with van der Waals surface area (Å²) in [6, 6.07) is 21.6. The number of benzene rings is 3. The van der Waals surface area contributed by atoms with Crippen LogP contribution in [0.15, 0.2) is 66.6 Å². The van der Waals surface area contributed by atoms with Crippen LogP contribution < -0.4 is 0 Å². The van der Waals surface area contributed by atoms with Crippen LogP contribution in [0.5, 0.6) is 0 Å². The number of hydrogen-bond acceptors (Lipinski definition) is 3. The number of aromatic nitrogens is 1. The summed E-state index contributed by atoms with van der Waals surface area (Å²) in [5, 5.41) is 11.9. The third-order valence-electron chi connectivity index (χ3n) is 7.29. The zero-order chi connectivity index (χ0) is 30.8. The van der Waals surface area contributed by atoms with Gasteiger partial charge in [-0.1, -0.05) is 102 Å². The summed E-state index contributed by atoms with van der Waals surface area (Å²) in [4.78, 5) is 16.1. The number of ketones is 1. The molecule has 3 nitrogen and oxygen atoms in total. The van der Waals surface area contributed by atoms with Crippen LogP contribution in [0.3, 0.4) is 0 Å². The zero-order valence-corrected chi connectivity index (χ0v) is 29.6. The van der Waals surface area contributed by atoms with Gasteiger partial charge in [-0.15, -0.1) is 29.3 Å². The second-order valence-electron chi connectivity index (χ2n) is 14.0. The van der Waals surface area contributed by atoms with Gasteiger partial charge in [0.15, 0.2) is 5.78 Å². The van der Waals surface area contributed by atoms with Crippen LogP contribution in [0.25, 0.3) is 44.3 Å². The second-order valence-corrected chi connectivity index (χ2v) is 14.0. The maximum absolute atomic E-state index is 11.2. The third-order valence-corrected chi connectivity index (χ3v) is 7.29. The number of hydrogen-bond donors (Lipinski definition) is 1. The molecule has 0 unspecified atom stereocenters. The van der Waals surface area contributed by atoms with Crippen molar-refractivity contribution < 1.29 is 30.0 Å². The second kappa shape index (κ2) is 14.1. The number of rotatable bonds is 6. The van der Waals surface area contributed by atoms with Gasteiger partial charge in [0.2, 0.25) is 0 Å². The minimum Gasteiger partial charge on any atom is -0.512 e. The molecule has 4 aromatic rings. The Morgan fingerprint density at radius 2 is 1.56 bits per heavy atom. The first-order valence-corrected chi connectivity index (χ1v) is 15.2. The molecule has 0 amide bonds. The molecule has 1 aromatic heterocycles. The molecule has 229 valence electrons. The molecule has 0 saturated heterocycles. The van der Waals surface area contributed by atoms with Gasteiger partial charge in [0.25, 0.3) is 0 Å². The molecule has 5 rings (SSSR count). The predicted octanol–water partition coefficient (Wildman–Crippen LogP) is 10.6. The Bertz CT molecular complexity index is 1640. The van der Waals surface area contributed by atoms with Crippen molar-refractivity contribution in [2.24, 2.45) is 17.3 Å². The van der Waals surface area contributed by atoms with E-state index in [-0.39, 0.29) is 37.1 Å². The molecular formula is C39H46IrNO2-. The van der Waals surface area contributed by atoms with E-state index in [0.29, 0.717) is 24.7 Å². The van der Waals surface area contributed by atoms with Crippen LogP contribution in [-0.4, -0.2) is 15.9 Å². The average Bonchev–Trinajstić information content (AvgIpc) is 2.96. The molecule has 0 saturated carbocycles. The number of aryl methyl sites for hydroxylation is 2. The van der Waals surface area contributed by atoms with Crippen LogP contribution >= 0.6 is 0 Å². The average molecular weight is 753 g/mol. The SMILES string of the molecule is CC(C)CC(=O)/C=C(\O)CC(C)C.Cc1c[c-]c2c(c1)-c1cc(C)ccc1-c1cc(CC(C)(C)C)cc3ccnc-2c13.[Ir]. The van der Waals surface area contributed by atoms with Gasteiger partial charge in [0, 0.05) is 45.2 Å². The molecule has 0 aliphatic heterocycles. The first-order valence-electron chi connectivity index (χ1n) is 15.2. The molecule has 1 radical (unpaired) electrons. The Labute approximate surface area is 272 Å². The number of aliphatic hydroxyl groups is 1. The van der Waals surface area contributed by atoms with Crippen molar-refractivity contribution in [2.45, 2.75) is 81.6 Å². The van der Waals surface area contributed by atoms with Crippen LogP contribution in [0.4, 0.5) is 0 Å². The van der Waals surface area contributed by atoms with Crippen LogP contribution in [0.2, 0.25) is 0 Å². The molecule has 0 fully saturated rings. The minimum absolute atomic E-state index is 0. The van der Waals surface area contributed by atoms with Gasteiger partial charge in [-0.2, -0.15) is 0 Å². The molecule has 1 aliphatic rings. The van der Waals surface area contributed by atoms with E-state index in [9.17, 15) is 9.90 Å². The fraction of sp³-hybridized carbons (Fsp3) is 0.385. The van der Waals surface area contributed by atoms with E-state index in [4.69, 9.17) is 4.98 Å². The van der Waals surface area contributed by atoms with Crippen molar-refractivity contribution >= 4 is 16.6 Å². The fourth-order valence-electron chi connectivity index (χ4n) is 5.75. The molecule has 0 spiro atoms. The fourth-order valence-corrected chi connectivity index (χ4v) is 5.75. The van der Waals surface area contributed by atoms with Gasteiger partial charge in [-0.05, 0) is 69.8 Å². The number of nitrogens with zero attached hydrogens (tertiary/aromatic N) is 1. The summed E-state index contributed by atoms with van der Waals surface area (Å²) >= 11 is 0. The van der Waals surface area contributed by atoms with Gasteiger partial charge in [-0.3, -0.25) is 4.79 Å². The van der Waals surface area contributed by atoms with Crippen molar-refractivity contribution in [1.29, 1.82) is 0 Å². The molecule has 0 bridgehead atoms. The quantitative estimate of drug-likeness (QED) is 0.107. The van der Waals surface area contributed by atoms with Gasteiger partial charge >= 0.3 is 0 Å². The minimum atomic E-state index is 0. The number of aliphatic hydroxyl groups excluding tert-OH is 1. The standard InChI is InChI=1S/C28H26N.C11H20O2.Ir/c1-17-6-8-21-23(12-17)24-13-18(2)7-9-22(24)27-26-20(10-11-29-27)14-19(15-25(21)26)16-28(3,4)5;1-8(2)5-10(12)7-11(13)6-9(3)4;/h6-8,10-15H,16H2,1-5H3;7-9,12H,5-6H2,1-4H3;/q-1;;/b;10-7-;. The summed E-state index contributed by atoms with van der Waals surface area (Å²) < 4.78 is 0. The third kappa shape index (κ3) is 8.74. The Kier molecular flexibility index (Phi) is 11.3. The Morgan fingerprint density at radius 3 is 2.21 bits per heavy atom. The number of allylic oxidation sites excluding steroid dienone is 2. The van der Waals surface area contributed by atoms with Gasteiger partial charge < -0.3 is 10.1 Å². The molecule has 3 aromatic carbocycles. The van der Waals surface area contributed by atoms with Crippen LogP contribution in [0, 0.1) is 37.2 Å². The molecule has 4 heteroatoms. The van der Waals surface area contributed by atoms with E-state index < -0.39 is 0 Å². The van der Waals surface area contributed by atoms with E-state index >= 15 is 0 Å². The molecule has 1 aliphatic carbocycles. The Hall–Kier alpha value is -3.07. The molecule has 1 N–H and O–H groups in total. The normalized spacial score (nSPS) is 12.2. The van der Waals surface area contributed by atoms with Crippen LogP contribution in [0.1, 0.15) is 78.0 Å². The smallest absolute Gasteiger partial charge is 0.159 e. The summed E-state index contributed by atoms with van der Waals surface area (Å²) in [6.07, 6.45) is 5.46. The number of pyridine rings is 1. The van der Waals surface area contributed by atoms with Crippen molar-refractivity contribution in [3.8, 4) is 33.5 Å². The Balaban J connectivity index is 0.000000310. The van der Waals surface area contributed by atoms with Crippen LogP contribution in [-0.2, 0) is 31.3 Å². The van der Waals surface area contributed by atoms with Gasteiger partial charge in [0.05, 0.1) is 5.76 Å². The molecule has 43 heavy (non-hydrogen) atoms. The first kappa shape index (κ1) is 34.4. The number of fused-ring (bicyclic) bond motifs is 5. The van der Waals surface area contributed by atoms with Gasteiger partial charge in [-0.25, -0.2) is 0 Å². The maximum Gasteiger partial charge on any atom is 0.159 e. The van der Waals surface area contributed by atoms with Crippen molar-refractivity contribution in [3.05, 3.63) is 89.3 Å². The van der Waals surface area contributed by atoms with E-state index in [1.807, 2.05) is 33.9 Å². The van der Waals surface area contributed by atoms with Crippen molar-refractivity contribution in [1.82, 2.24) is 4.98 Å². The number of carbonyl (C=O) groups is 1. The summed E-state index contributed by atoms with van der Waals surface area (Å²) in [6.45, 7) is 19.2. The van der Waals surface area contributed by atoms with E-state index in [0.717, 1.165) is 17.7 Å². The van der Waals surface area contributed by atoms with E-state index in [2.05, 4.69) is 89.2 Å². The van der Waals surface area contributed by atoms with E-state index in [1.165, 1.54) is 55.8 Å². The number of carbonyl (C=O) groups excluding carboxylic acids is 1. The Morgan fingerprint density at radius 1 is 0.884 bits per heavy atom. The summed E-state index contributed by atoms with van der Waals surface area (Å²) in [5.74, 6) is 0.979. The van der Waals surface area contributed by atoms with Crippen molar-refractivity contribution in [3.63, 3.8) is 0 Å². The summed E-state index contributed by atoms with van der Waals surface area (Å²) in [7, 11) is 0. The largest absolute Gasteiger partial charge is 0.512 e. The maximum atomic E-state index is 11.2. The van der Waals surface area contributed by atoms with Crippen molar-refractivity contribution in [2.75, 3.05) is 0 Å². The monoisotopic (exact) mass is 753 g/mol. The zero-order valence-electron chi connectivity index (χ0n) is 27.2. The molecule has 1 heterocycles. The summed E-state index contributed by atoms with van der Waals surface area (Å²) in [5.41, 5.74) is 11.4. The topological polar surface area (TPSA) is 50.2 Å². The molecule has 0 atom stereocenters. The predicted molar refractivity (Wildman–Crippen MR) is 178 cm³/mol. The van der Waals surface area contributed by atoms with Gasteiger partial charge in [0.1, 0.15) is 0 Å². The molecular weight excluding hydrogens is 707 g/mol.